The standard InChI is InChI=1S/C15H16O2/c1-15(2)9-8-11-13(17-15)7-6-10-4-3-5-12(16)14(10)11/h6-9H,3-5H2,1-2H3. The summed E-state index contributed by atoms with van der Waals surface area (Å²) in [4.78, 5) is 12.0. The highest BCUT2D eigenvalue weighted by Crippen LogP contribution is 2.37. The van der Waals surface area contributed by atoms with Crippen molar-refractivity contribution >= 4 is 11.9 Å². The Labute approximate surface area is 101 Å². The zero-order valence-corrected chi connectivity index (χ0v) is 10.2. The van der Waals surface area contributed by atoms with Crippen LogP contribution in [0, 0.1) is 0 Å². The second kappa shape index (κ2) is 3.46. The lowest BCUT2D eigenvalue weighted by molar-refractivity contribution is 0.0969. The third kappa shape index (κ3) is 1.68. The van der Waals surface area contributed by atoms with Gasteiger partial charge in [-0.15, -0.1) is 0 Å². The molecule has 0 unspecified atom stereocenters. The average molecular weight is 228 g/mol. The van der Waals surface area contributed by atoms with E-state index in [4.69, 9.17) is 4.74 Å². The smallest absolute Gasteiger partial charge is 0.163 e. The van der Waals surface area contributed by atoms with Gasteiger partial charge in [0.15, 0.2) is 5.78 Å². The molecule has 0 saturated heterocycles. The van der Waals surface area contributed by atoms with Crippen molar-refractivity contribution in [1.82, 2.24) is 0 Å². The molecule has 1 aromatic rings. The van der Waals surface area contributed by atoms with E-state index >= 15 is 0 Å². The molecule has 0 radical (unpaired) electrons. The molecule has 0 bridgehead atoms. The van der Waals surface area contributed by atoms with Crippen LogP contribution in [0.5, 0.6) is 5.75 Å². The monoisotopic (exact) mass is 228 g/mol. The van der Waals surface area contributed by atoms with Gasteiger partial charge in [-0.3, -0.25) is 4.79 Å². The van der Waals surface area contributed by atoms with Gasteiger partial charge in [-0.05, 0) is 44.4 Å². The van der Waals surface area contributed by atoms with E-state index in [-0.39, 0.29) is 11.4 Å². The molecule has 0 spiro atoms. The van der Waals surface area contributed by atoms with Crippen molar-refractivity contribution in [2.45, 2.75) is 38.7 Å². The van der Waals surface area contributed by atoms with Gasteiger partial charge in [0, 0.05) is 17.5 Å². The van der Waals surface area contributed by atoms with Crippen molar-refractivity contribution in [3.63, 3.8) is 0 Å². The summed E-state index contributed by atoms with van der Waals surface area (Å²) < 4.78 is 5.89. The number of carbonyl (C=O) groups excluding carboxylic acids is 1. The van der Waals surface area contributed by atoms with Crippen LogP contribution in [0.4, 0.5) is 0 Å². The van der Waals surface area contributed by atoms with Crippen LogP contribution in [0.2, 0.25) is 0 Å². The first-order valence-electron chi connectivity index (χ1n) is 6.14. The Morgan fingerprint density at radius 3 is 2.88 bits per heavy atom. The molecular weight excluding hydrogens is 212 g/mol. The minimum absolute atomic E-state index is 0.260. The molecule has 1 aromatic carbocycles. The quantitative estimate of drug-likeness (QED) is 0.680. The van der Waals surface area contributed by atoms with Crippen LogP contribution in [0.3, 0.4) is 0 Å². The van der Waals surface area contributed by atoms with E-state index in [1.807, 2.05) is 38.1 Å². The number of aryl methyl sites for hydroxylation is 1. The lowest BCUT2D eigenvalue weighted by atomic mass is 9.85. The summed E-state index contributed by atoms with van der Waals surface area (Å²) in [5, 5.41) is 0. The van der Waals surface area contributed by atoms with Gasteiger partial charge in [0.2, 0.25) is 0 Å². The number of Topliss-reactive ketones (excluding diaryl/α,β-unsaturated/α-hetero) is 1. The number of ketones is 1. The number of carbonyl (C=O) groups is 1. The van der Waals surface area contributed by atoms with Crippen molar-refractivity contribution in [3.05, 3.63) is 34.9 Å². The number of ether oxygens (including phenoxy) is 1. The van der Waals surface area contributed by atoms with Crippen LogP contribution in [0.1, 0.15) is 48.2 Å². The number of hydrogen-bond acceptors (Lipinski definition) is 2. The van der Waals surface area contributed by atoms with E-state index in [0.717, 1.165) is 29.7 Å². The van der Waals surface area contributed by atoms with E-state index in [1.54, 1.807) is 0 Å². The fourth-order valence-electron chi connectivity index (χ4n) is 2.60. The summed E-state index contributed by atoms with van der Waals surface area (Å²) in [5.74, 6) is 1.10. The van der Waals surface area contributed by atoms with Crippen LogP contribution in [0.25, 0.3) is 6.08 Å². The van der Waals surface area contributed by atoms with Crippen molar-refractivity contribution in [1.29, 1.82) is 0 Å². The summed E-state index contributed by atoms with van der Waals surface area (Å²) >= 11 is 0. The number of rotatable bonds is 0. The highest BCUT2D eigenvalue weighted by molar-refractivity contribution is 6.02. The van der Waals surface area contributed by atoms with E-state index in [2.05, 4.69) is 0 Å². The summed E-state index contributed by atoms with van der Waals surface area (Å²) in [6, 6.07) is 4.04. The normalized spacial score (nSPS) is 20.5. The SMILES string of the molecule is CC1(C)C=Cc2c(ccc3c2C(=O)CCC3)O1. The molecule has 3 rings (SSSR count). The van der Waals surface area contributed by atoms with Gasteiger partial charge in [-0.1, -0.05) is 12.1 Å². The fraction of sp³-hybridized carbons (Fsp3) is 0.400. The zero-order valence-electron chi connectivity index (χ0n) is 10.2. The number of fused-ring (bicyclic) bond motifs is 3. The Morgan fingerprint density at radius 2 is 2.06 bits per heavy atom. The second-order valence-corrected chi connectivity index (χ2v) is 5.33. The molecule has 88 valence electrons. The molecule has 1 aliphatic heterocycles. The van der Waals surface area contributed by atoms with Crippen molar-refractivity contribution in [2.75, 3.05) is 0 Å². The minimum Gasteiger partial charge on any atom is -0.483 e. The predicted molar refractivity (Wildman–Crippen MR) is 67.5 cm³/mol. The molecule has 1 aliphatic carbocycles. The predicted octanol–water partition coefficient (Wildman–Crippen LogP) is 3.39. The molecule has 1 heterocycles. The fourth-order valence-corrected chi connectivity index (χ4v) is 2.60. The van der Waals surface area contributed by atoms with Crippen LogP contribution in [-0.4, -0.2) is 11.4 Å². The van der Waals surface area contributed by atoms with Crippen LogP contribution < -0.4 is 4.74 Å². The van der Waals surface area contributed by atoms with Gasteiger partial charge in [0.1, 0.15) is 11.4 Å². The molecule has 2 nitrogen and oxygen atoms in total. The van der Waals surface area contributed by atoms with E-state index < -0.39 is 0 Å². The molecule has 0 amide bonds. The third-order valence-corrected chi connectivity index (χ3v) is 3.44. The first kappa shape index (κ1) is 10.6. The van der Waals surface area contributed by atoms with E-state index in [1.165, 1.54) is 5.56 Å². The molecule has 2 aliphatic rings. The van der Waals surface area contributed by atoms with Crippen molar-refractivity contribution < 1.29 is 9.53 Å². The Balaban J connectivity index is 2.19. The maximum atomic E-state index is 12.0. The molecule has 0 atom stereocenters. The minimum atomic E-state index is -0.279. The molecular formula is C15H16O2. The summed E-state index contributed by atoms with van der Waals surface area (Å²) in [5.41, 5.74) is 2.76. The molecule has 0 aromatic heterocycles. The average Bonchev–Trinajstić information content (AvgIpc) is 2.27. The lowest BCUT2D eigenvalue weighted by Gasteiger charge is -2.30. The third-order valence-electron chi connectivity index (χ3n) is 3.44. The summed E-state index contributed by atoms with van der Waals surface area (Å²) in [6.45, 7) is 4.04. The summed E-state index contributed by atoms with van der Waals surface area (Å²) in [6.07, 6.45) is 6.71. The van der Waals surface area contributed by atoms with E-state index in [9.17, 15) is 4.79 Å². The molecule has 0 fully saturated rings. The summed E-state index contributed by atoms with van der Waals surface area (Å²) in [7, 11) is 0. The molecule has 0 saturated carbocycles. The topological polar surface area (TPSA) is 26.3 Å². The van der Waals surface area contributed by atoms with Gasteiger partial charge in [0.05, 0.1) is 0 Å². The number of hydrogen-bond donors (Lipinski definition) is 0. The Morgan fingerprint density at radius 1 is 1.24 bits per heavy atom. The number of benzene rings is 1. The van der Waals surface area contributed by atoms with Crippen LogP contribution in [-0.2, 0) is 6.42 Å². The second-order valence-electron chi connectivity index (χ2n) is 5.33. The van der Waals surface area contributed by atoms with Crippen molar-refractivity contribution in [2.24, 2.45) is 0 Å². The van der Waals surface area contributed by atoms with Crippen LogP contribution in [0.15, 0.2) is 18.2 Å². The lowest BCUT2D eigenvalue weighted by Crippen LogP contribution is -2.28. The molecule has 17 heavy (non-hydrogen) atoms. The molecule has 0 N–H and O–H groups in total. The van der Waals surface area contributed by atoms with Gasteiger partial charge in [-0.25, -0.2) is 0 Å². The van der Waals surface area contributed by atoms with Gasteiger partial charge in [0.25, 0.3) is 0 Å². The highest BCUT2D eigenvalue weighted by atomic mass is 16.5. The van der Waals surface area contributed by atoms with Gasteiger partial charge in [-0.2, -0.15) is 0 Å². The maximum Gasteiger partial charge on any atom is 0.163 e. The molecule has 2 heteroatoms. The zero-order chi connectivity index (χ0) is 12.0. The highest BCUT2D eigenvalue weighted by Gasteiger charge is 2.27. The largest absolute Gasteiger partial charge is 0.483 e. The maximum absolute atomic E-state index is 12.0. The first-order chi connectivity index (χ1) is 8.07. The van der Waals surface area contributed by atoms with E-state index in [0.29, 0.717) is 6.42 Å². The Bertz CT molecular complexity index is 524. The van der Waals surface area contributed by atoms with Gasteiger partial charge < -0.3 is 4.74 Å². The Kier molecular flexibility index (Phi) is 2.15. The van der Waals surface area contributed by atoms with Crippen molar-refractivity contribution in [3.8, 4) is 5.75 Å². The first-order valence-corrected chi connectivity index (χ1v) is 6.14. The van der Waals surface area contributed by atoms with Crippen LogP contribution >= 0.6 is 0 Å². The Hall–Kier alpha value is -1.57. The van der Waals surface area contributed by atoms with Gasteiger partial charge >= 0.3 is 0 Å².